The zero-order valence-electron chi connectivity index (χ0n) is 24.6. The fourth-order valence-electron chi connectivity index (χ4n) is 7.27. The van der Waals surface area contributed by atoms with Crippen LogP contribution in [0.2, 0.25) is 0 Å². The summed E-state index contributed by atoms with van der Waals surface area (Å²) in [6, 6.07) is 5.40. The van der Waals surface area contributed by atoms with Gasteiger partial charge in [-0.25, -0.2) is 13.2 Å². The Bertz CT molecular complexity index is 1070. The highest BCUT2D eigenvalue weighted by atomic mass is 19.2. The van der Waals surface area contributed by atoms with E-state index in [9.17, 15) is 17.6 Å². The van der Waals surface area contributed by atoms with Crippen LogP contribution in [-0.2, 0) is 6.42 Å². The molecule has 40 heavy (non-hydrogen) atoms. The highest BCUT2D eigenvalue weighted by Gasteiger charge is 2.30. The predicted molar refractivity (Wildman–Crippen MR) is 155 cm³/mol. The van der Waals surface area contributed by atoms with Gasteiger partial charge in [0.15, 0.2) is 23.2 Å². The topological polar surface area (TPSA) is 9.23 Å². The summed E-state index contributed by atoms with van der Waals surface area (Å²) in [6.45, 7) is 4.64. The zero-order valence-corrected chi connectivity index (χ0v) is 24.6. The van der Waals surface area contributed by atoms with Crippen molar-refractivity contribution in [3.63, 3.8) is 0 Å². The summed E-state index contributed by atoms with van der Waals surface area (Å²) in [5, 5.41) is 0. The number of benzene rings is 2. The Labute approximate surface area is 239 Å². The summed E-state index contributed by atoms with van der Waals surface area (Å²) >= 11 is 0. The summed E-state index contributed by atoms with van der Waals surface area (Å²) in [5.41, 5.74) is -0.306. The molecule has 0 amide bonds. The number of aryl methyl sites for hydroxylation is 1. The number of hydrogen-bond acceptors (Lipinski definition) is 1. The molecule has 2 aliphatic rings. The Morgan fingerprint density at radius 2 is 1.18 bits per heavy atom. The molecule has 0 bridgehead atoms. The Morgan fingerprint density at radius 1 is 0.600 bits per heavy atom. The Morgan fingerprint density at radius 3 is 1.77 bits per heavy atom. The van der Waals surface area contributed by atoms with Gasteiger partial charge in [0.1, 0.15) is 0 Å². The molecular formula is C35H48F4O. The van der Waals surface area contributed by atoms with Crippen LogP contribution in [0.4, 0.5) is 17.6 Å². The number of ether oxygens (including phenoxy) is 1. The summed E-state index contributed by atoms with van der Waals surface area (Å²) in [4.78, 5) is 0. The van der Waals surface area contributed by atoms with Gasteiger partial charge < -0.3 is 4.74 Å². The maximum absolute atomic E-state index is 14.9. The van der Waals surface area contributed by atoms with E-state index < -0.39 is 23.3 Å². The molecule has 4 rings (SSSR count). The normalized spacial score (nSPS) is 23.4. The molecule has 0 spiro atoms. The van der Waals surface area contributed by atoms with Crippen molar-refractivity contribution in [1.29, 1.82) is 0 Å². The quantitative estimate of drug-likeness (QED) is 0.175. The van der Waals surface area contributed by atoms with E-state index in [1.54, 1.807) is 0 Å². The minimum absolute atomic E-state index is 0.180. The van der Waals surface area contributed by atoms with Crippen LogP contribution in [-0.4, -0.2) is 6.61 Å². The van der Waals surface area contributed by atoms with Gasteiger partial charge in [-0.2, -0.15) is 4.39 Å². The minimum Gasteiger partial charge on any atom is -0.490 e. The lowest BCUT2D eigenvalue weighted by Crippen LogP contribution is -2.26. The van der Waals surface area contributed by atoms with Crippen LogP contribution >= 0.6 is 0 Å². The molecule has 0 saturated heterocycles. The third kappa shape index (κ3) is 7.82. The largest absolute Gasteiger partial charge is 0.490 e. The molecule has 222 valence electrons. The van der Waals surface area contributed by atoms with E-state index in [-0.39, 0.29) is 22.4 Å². The third-order valence-electron chi connectivity index (χ3n) is 9.71. The SMILES string of the molecule is CCCCCc1ccc(-c2ccc(OCCCC3CCC(C4CCC(CCC)CC4)CC3)c(F)c2F)c(F)c1F. The van der Waals surface area contributed by atoms with Gasteiger partial charge >= 0.3 is 0 Å². The smallest absolute Gasteiger partial charge is 0.201 e. The Kier molecular flexibility index (Phi) is 11.8. The maximum atomic E-state index is 14.9. The Hall–Kier alpha value is -2.04. The molecule has 0 radical (unpaired) electrons. The van der Waals surface area contributed by atoms with E-state index in [0.717, 1.165) is 49.9 Å². The lowest BCUT2D eigenvalue weighted by Gasteiger charge is -2.38. The molecule has 2 fully saturated rings. The van der Waals surface area contributed by atoms with Crippen LogP contribution in [0.1, 0.15) is 116 Å². The molecule has 0 N–H and O–H groups in total. The summed E-state index contributed by atoms with van der Waals surface area (Å²) in [7, 11) is 0. The molecule has 1 nitrogen and oxygen atoms in total. The van der Waals surface area contributed by atoms with Gasteiger partial charge in [0, 0.05) is 11.1 Å². The molecule has 0 aromatic heterocycles. The van der Waals surface area contributed by atoms with Gasteiger partial charge in [-0.3, -0.25) is 0 Å². The fraction of sp³-hybridized carbons (Fsp3) is 0.657. The van der Waals surface area contributed by atoms with E-state index in [4.69, 9.17) is 4.74 Å². The van der Waals surface area contributed by atoms with Gasteiger partial charge in [-0.15, -0.1) is 0 Å². The highest BCUT2D eigenvalue weighted by Crippen LogP contribution is 2.43. The summed E-state index contributed by atoms with van der Waals surface area (Å²) in [6.07, 6.45) is 18.5. The second-order valence-electron chi connectivity index (χ2n) is 12.4. The lowest BCUT2D eigenvalue weighted by molar-refractivity contribution is 0.138. The zero-order chi connectivity index (χ0) is 28.5. The number of unbranched alkanes of at least 4 members (excludes halogenated alkanes) is 2. The highest BCUT2D eigenvalue weighted by molar-refractivity contribution is 5.66. The first-order valence-electron chi connectivity index (χ1n) is 16.0. The molecular weight excluding hydrogens is 512 g/mol. The molecule has 5 heteroatoms. The maximum Gasteiger partial charge on any atom is 0.201 e. The van der Waals surface area contributed by atoms with Crippen molar-refractivity contribution in [3.8, 4) is 16.9 Å². The van der Waals surface area contributed by atoms with Crippen molar-refractivity contribution >= 4 is 0 Å². The summed E-state index contributed by atoms with van der Waals surface area (Å²) < 4.78 is 64.7. The molecule has 2 aromatic rings. The fourth-order valence-corrected chi connectivity index (χ4v) is 7.27. The van der Waals surface area contributed by atoms with Crippen LogP contribution in [0.25, 0.3) is 11.1 Å². The van der Waals surface area contributed by atoms with E-state index in [1.165, 1.54) is 88.5 Å². The van der Waals surface area contributed by atoms with E-state index >= 15 is 0 Å². The third-order valence-corrected chi connectivity index (χ3v) is 9.71. The monoisotopic (exact) mass is 560 g/mol. The number of hydrogen-bond donors (Lipinski definition) is 0. The van der Waals surface area contributed by atoms with Gasteiger partial charge in [0.2, 0.25) is 5.82 Å². The second kappa shape index (κ2) is 15.3. The lowest BCUT2D eigenvalue weighted by atomic mass is 9.68. The number of rotatable bonds is 13. The van der Waals surface area contributed by atoms with Crippen LogP contribution in [0.3, 0.4) is 0 Å². The standard InChI is InChI=1S/C35H48F4O/c1-3-5-6-10-28-19-20-29(33(37)32(28)36)30-21-22-31(35(39)34(30)38)40-23-7-9-25-13-17-27(18-14-25)26-15-11-24(8-4-2)12-16-26/h19-22,24-27H,3-18,23H2,1-2H3. The van der Waals surface area contributed by atoms with Crippen LogP contribution < -0.4 is 4.74 Å². The van der Waals surface area contributed by atoms with E-state index in [2.05, 4.69) is 6.92 Å². The molecule has 0 atom stereocenters. The molecule has 0 unspecified atom stereocenters. The average Bonchev–Trinajstić information content (AvgIpc) is 2.97. The predicted octanol–water partition coefficient (Wildman–Crippen LogP) is 11.2. The van der Waals surface area contributed by atoms with Crippen molar-refractivity contribution in [2.75, 3.05) is 6.61 Å². The van der Waals surface area contributed by atoms with Crippen LogP contribution in [0.5, 0.6) is 5.75 Å². The molecule has 2 saturated carbocycles. The van der Waals surface area contributed by atoms with E-state index in [0.29, 0.717) is 18.9 Å². The molecule has 0 aliphatic heterocycles. The molecule has 0 heterocycles. The molecule has 2 aliphatic carbocycles. The second-order valence-corrected chi connectivity index (χ2v) is 12.4. The van der Waals surface area contributed by atoms with Crippen molar-refractivity contribution in [3.05, 3.63) is 53.1 Å². The first kappa shape index (κ1) is 30.9. The van der Waals surface area contributed by atoms with Crippen LogP contribution in [0, 0.1) is 46.9 Å². The molecule has 2 aromatic carbocycles. The Balaban J connectivity index is 1.23. The summed E-state index contributed by atoms with van der Waals surface area (Å²) in [5.74, 6) is -1.21. The first-order valence-corrected chi connectivity index (χ1v) is 16.0. The van der Waals surface area contributed by atoms with Crippen molar-refractivity contribution in [1.82, 2.24) is 0 Å². The average molecular weight is 561 g/mol. The first-order chi connectivity index (χ1) is 19.4. The van der Waals surface area contributed by atoms with Gasteiger partial charge in [-0.1, -0.05) is 77.3 Å². The van der Waals surface area contributed by atoms with Crippen molar-refractivity contribution in [2.24, 2.45) is 23.7 Å². The van der Waals surface area contributed by atoms with Gasteiger partial charge in [-0.05, 0) is 92.7 Å². The van der Waals surface area contributed by atoms with Gasteiger partial charge in [0.05, 0.1) is 6.61 Å². The van der Waals surface area contributed by atoms with Crippen LogP contribution in [0.15, 0.2) is 24.3 Å². The minimum atomic E-state index is -1.21. The van der Waals surface area contributed by atoms with Crippen molar-refractivity contribution < 1.29 is 22.3 Å². The van der Waals surface area contributed by atoms with Gasteiger partial charge in [0.25, 0.3) is 0 Å². The van der Waals surface area contributed by atoms with E-state index in [1.807, 2.05) is 6.92 Å². The van der Waals surface area contributed by atoms with Crippen molar-refractivity contribution in [2.45, 2.75) is 117 Å². The number of halogens is 4.